The number of hydrogen-bond donors (Lipinski definition) is 1. The Morgan fingerprint density at radius 3 is 2.90 bits per heavy atom. The number of nitrogens with zero attached hydrogens (tertiary/aromatic N) is 3. The number of piperazine rings is 1. The van der Waals surface area contributed by atoms with Crippen LogP contribution in [0, 0.1) is 5.92 Å². The number of hydrogen-bond acceptors (Lipinski definition) is 6. The molecule has 0 spiro atoms. The standard InChI is InChI=1S/C22H28N4O3/c1-28-12-9-24-22(27)18-13-16-6-7-17(29-2)14-19(16)26-11-10-25(15-20(18)26)21-5-3-4-8-23-21/h3-8,14,18,20H,9-13,15H2,1-2H3,(H,24,27)/t18-,20+/m0/s1. The van der Waals surface area contributed by atoms with E-state index in [0.29, 0.717) is 13.2 Å². The molecule has 1 N–H and O–H groups in total. The van der Waals surface area contributed by atoms with Crippen LogP contribution in [0.1, 0.15) is 5.56 Å². The lowest BCUT2D eigenvalue weighted by Crippen LogP contribution is -2.61. The molecule has 154 valence electrons. The fourth-order valence-electron chi connectivity index (χ4n) is 4.36. The number of carbonyl (C=O) groups excluding carboxylic acids is 1. The molecule has 0 aliphatic carbocycles. The number of benzene rings is 1. The van der Waals surface area contributed by atoms with E-state index in [0.717, 1.165) is 37.6 Å². The molecule has 0 unspecified atom stereocenters. The van der Waals surface area contributed by atoms with Crippen molar-refractivity contribution >= 4 is 17.4 Å². The Balaban J connectivity index is 1.62. The molecule has 0 bridgehead atoms. The van der Waals surface area contributed by atoms with Crippen LogP contribution >= 0.6 is 0 Å². The molecule has 1 fully saturated rings. The van der Waals surface area contributed by atoms with Crippen molar-refractivity contribution in [1.29, 1.82) is 0 Å². The maximum Gasteiger partial charge on any atom is 0.225 e. The Labute approximate surface area is 171 Å². The summed E-state index contributed by atoms with van der Waals surface area (Å²) in [5.74, 6) is 1.76. The summed E-state index contributed by atoms with van der Waals surface area (Å²) in [6.45, 7) is 3.50. The minimum atomic E-state index is -0.126. The van der Waals surface area contributed by atoms with Gasteiger partial charge in [-0.3, -0.25) is 4.79 Å². The number of rotatable bonds is 6. The zero-order valence-corrected chi connectivity index (χ0v) is 17.0. The molecule has 2 aliphatic heterocycles. The van der Waals surface area contributed by atoms with Gasteiger partial charge in [-0.05, 0) is 30.2 Å². The van der Waals surface area contributed by atoms with Gasteiger partial charge in [-0.2, -0.15) is 0 Å². The molecule has 1 aromatic heterocycles. The fourth-order valence-corrected chi connectivity index (χ4v) is 4.36. The van der Waals surface area contributed by atoms with E-state index < -0.39 is 0 Å². The maximum absolute atomic E-state index is 13.1. The first-order valence-electron chi connectivity index (χ1n) is 10.1. The second kappa shape index (κ2) is 8.69. The summed E-state index contributed by atoms with van der Waals surface area (Å²) in [6, 6.07) is 12.2. The Morgan fingerprint density at radius 1 is 1.24 bits per heavy atom. The Kier molecular flexibility index (Phi) is 5.85. The molecule has 1 amide bonds. The summed E-state index contributed by atoms with van der Waals surface area (Å²) < 4.78 is 10.5. The van der Waals surface area contributed by atoms with Gasteiger partial charge in [-0.15, -0.1) is 0 Å². The lowest BCUT2D eigenvalue weighted by Gasteiger charge is -2.49. The number of fused-ring (bicyclic) bond motifs is 3. The van der Waals surface area contributed by atoms with Gasteiger partial charge in [-0.25, -0.2) is 4.98 Å². The van der Waals surface area contributed by atoms with Crippen LogP contribution in [-0.4, -0.2) is 63.9 Å². The number of pyridine rings is 1. The van der Waals surface area contributed by atoms with E-state index in [1.54, 1.807) is 14.2 Å². The predicted molar refractivity (Wildman–Crippen MR) is 113 cm³/mol. The highest BCUT2D eigenvalue weighted by molar-refractivity contribution is 5.82. The van der Waals surface area contributed by atoms with Crippen molar-refractivity contribution in [2.75, 3.05) is 56.8 Å². The Morgan fingerprint density at radius 2 is 2.14 bits per heavy atom. The average Bonchev–Trinajstić information content (AvgIpc) is 2.78. The third kappa shape index (κ3) is 4.00. The summed E-state index contributed by atoms with van der Waals surface area (Å²) in [5.41, 5.74) is 2.37. The topological polar surface area (TPSA) is 66.9 Å². The van der Waals surface area contributed by atoms with E-state index in [4.69, 9.17) is 9.47 Å². The molecule has 7 nitrogen and oxygen atoms in total. The SMILES string of the molecule is COCCNC(=O)[C@H]1Cc2ccc(OC)cc2N2CCN(c3ccccn3)C[C@H]12. The van der Waals surface area contributed by atoms with Crippen molar-refractivity contribution in [2.24, 2.45) is 5.92 Å². The summed E-state index contributed by atoms with van der Waals surface area (Å²) in [6.07, 6.45) is 2.53. The van der Waals surface area contributed by atoms with E-state index in [2.05, 4.69) is 32.2 Å². The van der Waals surface area contributed by atoms with Crippen molar-refractivity contribution in [3.63, 3.8) is 0 Å². The van der Waals surface area contributed by atoms with E-state index in [1.807, 2.05) is 30.5 Å². The first-order valence-corrected chi connectivity index (χ1v) is 10.1. The normalized spacial score (nSPS) is 20.6. The van der Waals surface area contributed by atoms with E-state index >= 15 is 0 Å². The second-order valence-electron chi connectivity index (χ2n) is 7.48. The van der Waals surface area contributed by atoms with Crippen LogP contribution in [0.4, 0.5) is 11.5 Å². The maximum atomic E-state index is 13.1. The third-order valence-electron chi connectivity index (χ3n) is 5.84. The number of carbonyl (C=O) groups is 1. The molecule has 2 aromatic rings. The number of anilines is 2. The van der Waals surface area contributed by atoms with Crippen LogP contribution < -0.4 is 19.9 Å². The molecular formula is C22H28N4O3. The van der Waals surface area contributed by atoms with Gasteiger partial charge in [0.25, 0.3) is 0 Å². The highest BCUT2D eigenvalue weighted by Crippen LogP contribution is 2.38. The molecule has 1 saturated heterocycles. The van der Waals surface area contributed by atoms with Gasteiger partial charge in [0.1, 0.15) is 11.6 Å². The summed E-state index contributed by atoms with van der Waals surface area (Å²) in [4.78, 5) is 22.2. The monoisotopic (exact) mass is 396 g/mol. The summed E-state index contributed by atoms with van der Waals surface area (Å²) in [5, 5.41) is 3.04. The molecule has 0 radical (unpaired) electrons. The van der Waals surface area contributed by atoms with Gasteiger partial charge < -0.3 is 24.6 Å². The third-order valence-corrected chi connectivity index (χ3v) is 5.84. The van der Waals surface area contributed by atoms with Gasteiger partial charge in [0.15, 0.2) is 0 Å². The van der Waals surface area contributed by atoms with Crippen molar-refractivity contribution in [3.8, 4) is 5.75 Å². The molecule has 3 heterocycles. The van der Waals surface area contributed by atoms with Crippen molar-refractivity contribution in [3.05, 3.63) is 48.2 Å². The molecule has 0 saturated carbocycles. The van der Waals surface area contributed by atoms with Gasteiger partial charge in [-0.1, -0.05) is 12.1 Å². The van der Waals surface area contributed by atoms with Crippen LogP contribution in [0.2, 0.25) is 0 Å². The minimum absolute atomic E-state index is 0.0768. The fraction of sp³-hybridized carbons (Fsp3) is 0.455. The number of aromatic nitrogens is 1. The quantitative estimate of drug-likeness (QED) is 0.750. The molecule has 2 aliphatic rings. The summed E-state index contributed by atoms with van der Waals surface area (Å²) >= 11 is 0. The first kappa shape index (κ1) is 19.5. The number of methoxy groups -OCH3 is 2. The Hall–Kier alpha value is -2.80. The zero-order chi connectivity index (χ0) is 20.2. The first-order chi connectivity index (χ1) is 14.2. The van der Waals surface area contributed by atoms with Crippen LogP contribution in [0.25, 0.3) is 0 Å². The van der Waals surface area contributed by atoms with Gasteiger partial charge >= 0.3 is 0 Å². The lowest BCUT2D eigenvalue weighted by atomic mass is 9.83. The van der Waals surface area contributed by atoms with Crippen molar-refractivity contribution in [1.82, 2.24) is 10.3 Å². The minimum Gasteiger partial charge on any atom is -0.497 e. The number of ether oxygens (including phenoxy) is 2. The lowest BCUT2D eigenvalue weighted by molar-refractivity contribution is -0.126. The predicted octanol–water partition coefficient (Wildman–Crippen LogP) is 1.72. The van der Waals surface area contributed by atoms with Crippen molar-refractivity contribution < 1.29 is 14.3 Å². The highest BCUT2D eigenvalue weighted by Gasteiger charge is 2.41. The van der Waals surface area contributed by atoms with E-state index in [9.17, 15) is 4.79 Å². The van der Waals surface area contributed by atoms with Crippen molar-refractivity contribution in [2.45, 2.75) is 12.5 Å². The zero-order valence-electron chi connectivity index (χ0n) is 17.0. The van der Waals surface area contributed by atoms with Crippen LogP contribution in [0.5, 0.6) is 5.75 Å². The smallest absolute Gasteiger partial charge is 0.225 e. The van der Waals surface area contributed by atoms with Crippen LogP contribution in [-0.2, 0) is 16.0 Å². The molecule has 29 heavy (non-hydrogen) atoms. The van der Waals surface area contributed by atoms with Crippen LogP contribution in [0.3, 0.4) is 0 Å². The molecule has 4 rings (SSSR count). The van der Waals surface area contributed by atoms with E-state index in [1.165, 1.54) is 11.3 Å². The molecule has 1 aromatic carbocycles. The van der Waals surface area contributed by atoms with Crippen LogP contribution in [0.15, 0.2) is 42.6 Å². The van der Waals surface area contributed by atoms with Gasteiger partial charge in [0, 0.05) is 51.2 Å². The Bertz CT molecular complexity index is 845. The average molecular weight is 396 g/mol. The molecule has 2 atom stereocenters. The number of nitrogens with one attached hydrogen (secondary N) is 1. The molecular weight excluding hydrogens is 368 g/mol. The summed E-state index contributed by atoms with van der Waals surface area (Å²) in [7, 11) is 3.33. The molecule has 7 heteroatoms. The largest absolute Gasteiger partial charge is 0.497 e. The number of amides is 1. The highest BCUT2D eigenvalue weighted by atomic mass is 16.5. The second-order valence-corrected chi connectivity index (χ2v) is 7.48. The van der Waals surface area contributed by atoms with Gasteiger partial charge in [0.2, 0.25) is 5.91 Å². The van der Waals surface area contributed by atoms with E-state index in [-0.39, 0.29) is 17.9 Å². The van der Waals surface area contributed by atoms with Gasteiger partial charge in [0.05, 0.1) is 25.7 Å².